The van der Waals surface area contributed by atoms with Crippen molar-refractivity contribution in [2.75, 3.05) is 5.32 Å². The van der Waals surface area contributed by atoms with E-state index in [1.807, 2.05) is 0 Å². The number of aromatic nitrogens is 2. The lowest BCUT2D eigenvalue weighted by molar-refractivity contribution is 0.102. The Hall–Kier alpha value is -1.89. The van der Waals surface area contributed by atoms with Crippen LogP contribution in [0.4, 0.5) is 13.9 Å². The van der Waals surface area contributed by atoms with Gasteiger partial charge in [-0.2, -0.15) is 0 Å². The van der Waals surface area contributed by atoms with Gasteiger partial charge in [0.25, 0.3) is 5.91 Å². The van der Waals surface area contributed by atoms with Gasteiger partial charge in [-0.25, -0.2) is 8.78 Å². The molecule has 0 aliphatic carbocycles. The van der Waals surface area contributed by atoms with Gasteiger partial charge >= 0.3 is 0 Å². The maximum Gasteiger partial charge on any atom is 0.260 e. The predicted octanol–water partition coefficient (Wildman–Crippen LogP) is 2.38. The molecule has 0 aliphatic rings. The Kier molecular flexibility index (Phi) is 3.10. The van der Waals surface area contributed by atoms with E-state index in [1.54, 1.807) is 6.92 Å². The van der Waals surface area contributed by atoms with E-state index >= 15 is 0 Å². The van der Waals surface area contributed by atoms with Crippen LogP contribution in [0, 0.1) is 18.6 Å². The molecule has 4 nitrogen and oxygen atoms in total. The van der Waals surface area contributed by atoms with E-state index in [0.717, 1.165) is 29.5 Å². The number of amides is 1. The lowest BCUT2D eigenvalue weighted by Crippen LogP contribution is -2.13. The van der Waals surface area contributed by atoms with Crippen LogP contribution in [0.2, 0.25) is 0 Å². The molecule has 0 aliphatic heterocycles. The van der Waals surface area contributed by atoms with Crippen molar-refractivity contribution in [1.29, 1.82) is 0 Å². The molecular formula is C10H7F2N3OS. The number of rotatable bonds is 2. The Morgan fingerprint density at radius 1 is 1.35 bits per heavy atom. The molecule has 0 unspecified atom stereocenters. The van der Waals surface area contributed by atoms with Gasteiger partial charge in [0.05, 0.1) is 5.56 Å². The number of hydrogen-bond acceptors (Lipinski definition) is 4. The highest BCUT2D eigenvalue weighted by Gasteiger charge is 2.14. The molecule has 17 heavy (non-hydrogen) atoms. The fourth-order valence-electron chi connectivity index (χ4n) is 1.18. The number of halogens is 2. The molecule has 2 rings (SSSR count). The van der Waals surface area contributed by atoms with Crippen molar-refractivity contribution in [3.63, 3.8) is 0 Å². The highest BCUT2D eigenvalue weighted by atomic mass is 32.1. The summed E-state index contributed by atoms with van der Waals surface area (Å²) in [7, 11) is 0. The first kappa shape index (κ1) is 11.6. The van der Waals surface area contributed by atoms with Crippen LogP contribution in [0.1, 0.15) is 15.4 Å². The fourth-order valence-corrected chi connectivity index (χ4v) is 1.77. The average Bonchev–Trinajstić information content (AvgIpc) is 2.67. The summed E-state index contributed by atoms with van der Waals surface area (Å²) < 4.78 is 26.1. The maximum absolute atomic E-state index is 13.3. The lowest BCUT2D eigenvalue weighted by Gasteiger charge is -2.02. The summed E-state index contributed by atoms with van der Waals surface area (Å²) in [5.41, 5.74) is -0.363. The quantitative estimate of drug-likeness (QED) is 0.896. The summed E-state index contributed by atoms with van der Waals surface area (Å²) in [6.07, 6.45) is 0. The van der Waals surface area contributed by atoms with Crippen molar-refractivity contribution >= 4 is 22.4 Å². The third-order valence-corrected chi connectivity index (χ3v) is 2.67. The molecule has 0 saturated carbocycles. The van der Waals surface area contributed by atoms with Crippen LogP contribution in [-0.4, -0.2) is 16.1 Å². The highest BCUT2D eigenvalue weighted by molar-refractivity contribution is 7.15. The van der Waals surface area contributed by atoms with Crippen LogP contribution >= 0.6 is 11.3 Å². The molecule has 0 fully saturated rings. The van der Waals surface area contributed by atoms with E-state index in [9.17, 15) is 13.6 Å². The molecule has 1 aromatic heterocycles. The molecule has 1 amide bonds. The normalized spacial score (nSPS) is 10.3. The molecule has 0 atom stereocenters. The Morgan fingerprint density at radius 2 is 2.12 bits per heavy atom. The minimum absolute atomic E-state index is 0.246. The van der Waals surface area contributed by atoms with Crippen LogP contribution < -0.4 is 5.32 Å². The van der Waals surface area contributed by atoms with Crippen molar-refractivity contribution in [2.24, 2.45) is 0 Å². The second-order valence-electron chi connectivity index (χ2n) is 3.20. The Balaban J connectivity index is 2.22. The van der Waals surface area contributed by atoms with Crippen molar-refractivity contribution in [2.45, 2.75) is 6.92 Å². The summed E-state index contributed by atoms with van der Waals surface area (Å²) in [6.45, 7) is 1.72. The van der Waals surface area contributed by atoms with Crippen LogP contribution in [-0.2, 0) is 0 Å². The number of anilines is 1. The number of hydrogen-bond donors (Lipinski definition) is 1. The van der Waals surface area contributed by atoms with Crippen LogP contribution in [0.25, 0.3) is 0 Å². The average molecular weight is 255 g/mol. The van der Waals surface area contributed by atoms with Crippen LogP contribution in [0.15, 0.2) is 18.2 Å². The van der Waals surface area contributed by atoms with Gasteiger partial charge in [0.1, 0.15) is 16.6 Å². The molecule has 0 radical (unpaired) electrons. The second-order valence-corrected chi connectivity index (χ2v) is 4.39. The van der Waals surface area contributed by atoms with E-state index in [4.69, 9.17) is 0 Å². The van der Waals surface area contributed by atoms with Gasteiger partial charge in [-0.3, -0.25) is 10.1 Å². The third kappa shape index (κ3) is 2.62. The molecule has 2 aromatic rings. The number of benzene rings is 1. The first-order valence-corrected chi connectivity index (χ1v) is 5.44. The largest absolute Gasteiger partial charge is 0.296 e. The Bertz CT molecular complexity index is 570. The van der Waals surface area contributed by atoms with Crippen molar-refractivity contribution in [3.8, 4) is 0 Å². The van der Waals surface area contributed by atoms with E-state index in [2.05, 4.69) is 15.5 Å². The van der Waals surface area contributed by atoms with E-state index in [0.29, 0.717) is 5.01 Å². The van der Waals surface area contributed by atoms with Crippen LogP contribution in [0.3, 0.4) is 0 Å². The lowest BCUT2D eigenvalue weighted by atomic mass is 10.2. The molecular weight excluding hydrogens is 248 g/mol. The van der Waals surface area contributed by atoms with Gasteiger partial charge in [-0.05, 0) is 25.1 Å². The fraction of sp³-hybridized carbons (Fsp3) is 0.100. The molecule has 0 spiro atoms. The Morgan fingerprint density at radius 3 is 2.76 bits per heavy atom. The highest BCUT2D eigenvalue weighted by Crippen LogP contribution is 2.16. The number of nitrogens with zero attached hydrogens (tertiary/aromatic N) is 2. The molecule has 0 saturated heterocycles. The standard InChI is InChI=1S/C10H7F2N3OS/c1-5-14-15-10(17-5)13-9(16)7-4-6(11)2-3-8(7)12/h2-4H,1H3,(H,13,15,16). The van der Waals surface area contributed by atoms with Crippen molar-refractivity contribution < 1.29 is 13.6 Å². The van der Waals surface area contributed by atoms with E-state index in [-0.39, 0.29) is 10.7 Å². The molecule has 1 aromatic carbocycles. The summed E-state index contributed by atoms with van der Waals surface area (Å²) in [4.78, 5) is 11.6. The van der Waals surface area contributed by atoms with Crippen LogP contribution in [0.5, 0.6) is 0 Å². The second kappa shape index (κ2) is 4.54. The van der Waals surface area contributed by atoms with E-state index < -0.39 is 17.5 Å². The monoisotopic (exact) mass is 255 g/mol. The predicted molar refractivity (Wildman–Crippen MR) is 59.0 cm³/mol. The number of carbonyl (C=O) groups excluding carboxylic acids is 1. The van der Waals surface area contributed by atoms with Gasteiger partial charge in [-0.1, -0.05) is 11.3 Å². The molecule has 1 heterocycles. The maximum atomic E-state index is 13.3. The molecule has 7 heteroatoms. The SMILES string of the molecule is Cc1nnc(NC(=O)c2cc(F)ccc2F)s1. The summed E-state index contributed by atoms with van der Waals surface area (Å²) in [5, 5.41) is 10.6. The Labute approximate surface area is 99.3 Å². The van der Waals surface area contributed by atoms with Gasteiger partial charge in [-0.15, -0.1) is 10.2 Å². The van der Waals surface area contributed by atoms with E-state index in [1.165, 1.54) is 0 Å². The zero-order valence-electron chi connectivity index (χ0n) is 8.70. The van der Waals surface area contributed by atoms with Gasteiger partial charge in [0.15, 0.2) is 0 Å². The molecule has 1 N–H and O–H groups in total. The smallest absolute Gasteiger partial charge is 0.260 e. The minimum atomic E-state index is -0.787. The van der Waals surface area contributed by atoms with Gasteiger partial charge in [0.2, 0.25) is 5.13 Å². The molecule has 0 bridgehead atoms. The number of aryl methyl sites for hydroxylation is 1. The number of nitrogens with one attached hydrogen (secondary N) is 1. The first-order chi connectivity index (χ1) is 8.06. The summed E-state index contributed by atoms with van der Waals surface area (Å²) in [5.74, 6) is -2.21. The van der Waals surface area contributed by atoms with Gasteiger partial charge in [0, 0.05) is 0 Å². The summed E-state index contributed by atoms with van der Waals surface area (Å²) in [6, 6.07) is 2.68. The van der Waals surface area contributed by atoms with Crippen molar-refractivity contribution in [3.05, 3.63) is 40.4 Å². The zero-order valence-corrected chi connectivity index (χ0v) is 9.52. The zero-order chi connectivity index (χ0) is 12.4. The van der Waals surface area contributed by atoms with Crippen molar-refractivity contribution in [1.82, 2.24) is 10.2 Å². The minimum Gasteiger partial charge on any atom is -0.296 e. The summed E-state index contributed by atoms with van der Waals surface area (Å²) >= 11 is 1.15. The first-order valence-electron chi connectivity index (χ1n) is 4.63. The van der Waals surface area contributed by atoms with Gasteiger partial charge < -0.3 is 0 Å². The molecule has 88 valence electrons. The number of carbonyl (C=O) groups is 1. The topological polar surface area (TPSA) is 54.9 Å². The third-order valence-electron chi connectivity index (χ3n) is 1.92.